The van der Waals surface area contributed by atoms with Gasteiger partial charge in [-0.1, -0.05) is 11.6 Å². The van der Waals surface area contributed by atoms with Crippen molar-refractivity contribution in [3.8, 4) is 5.75 Å². The van der Waals surface area contributed by atoms with Gasteiger partial charge in [0.25, 0.3) is 0 Å². The van der Waals surface area contributed by atoms with Gasteiger partial charge in [0.15, 0.2) is 5.75 Å². The van der Waals surface area contributed by atoms with Gasteiger partial charge >= 0.3 is 11.8 Å². The lowest BCUT2D eigenvalue weighted by atomic mass is 10.1. The van der Waals surface area contributed by atoms with Gasteiger partial charge in [-0.15, -0.1) is 0 Å². The van der Waals surface area contributed by atoms with Gasteiger partial charge in [0.2, 0.25) is 0 Å². The normalized spacial score (nSPS) is 24.4. The monoisotopic (exact) mass is 611 g/mol. The van der Waals surface area contributed by atoms with E-state index in [1.54, 1.807) is 9.47 Å². The predicted molar refractivity (Wildman–Crippen MR) is 150 cm³/mol. The summed E-state index contributed by atoms with van der Waals surface area (Å²) in [6, 6.07) is 1.40. The number of aromatic nitrogens is 2. The van der Waals surface area contributed by atoms with Gasteiger partial charge in [-0.05, 0) is 56.6 Å². The lowest BCUT2D eigenvalue weighted by molar-refractivity contribution is 0.0130. The summed E-state index contributed by atoms with van der Waals surface area (Å²) in [5.41, 5.74) is -0.208. The first kappa shape index (κ1) is 27.5. The first-order valence-electron chi connectivity index (χ1n) is 13.1. The van der Waals surface area contributed by atoms with E-state index in [1.807, 2.05) is 40.7 Å². The van der Waals surface area contributed by atoms with Crippen LogP contribution < -0.4 is 15.3 Å². The molecule has 208 valence electrons. The van der Waals surface area contributed by atoms with E-state index < -0.39 is 5.60 Å². The van der Waals surface area contributed by atoms with E-state index in [1.165, 1.54) is 0 Å². The van der Waals surface area contributed by atoms with Crippen molar-refractivity contribution < 1.29 is 19.0 Å². The molecular weight excluding hydrogens is 578 g/mol. The van der Waals surface area contributed by atoms with Crippen LogP contribution in [0.2, 0.25) is 5.02 Å². The molecule has 1 aromatic carbocycles. The molecule has 2 aromatic rings. The fourth-order valence-corrected chi connectivity index (χ4v) is 6.07. The molecule has 0 bridgehead atoms. The van der Waals surface area contributed by atoms with Crippen LogP contribution in [0, 0.1) is 0 Å². The third-order valence-corrected chi connectivity index (χ3v) is 8.60. The smallest absolute Gasteiger partial charge is 0.410 e. The van der Waals surface area contributed by atoms with Crippen LogP contribution in [0.3, 0.4) is 0 Å². The number of amides is 1. The second-order valence-electron chi connectivity index (χ2n) is 11.3. The number of nitrogens with zero attached hydrogens (tertiary/aromatic N) is 5. The number of benzene rings is 1. The maximum Gasteiger partial charge on any atom is 0.410 e. The van der Waals surface area contributed by atoms with Gasteiger partial charge in [0.05, 0.1) is 28.8 Å². The Kier molecular flexibility index (Phi) is 7.58. The molecular formula is C26H35BrClN5O5. The molecule has 3 aliphatic rings. The zero-order valence-electron chi connectivity index (χ0n) is 22.5. The molecule has 0 radical (unpaired) electrons. The zero-order chi connectivity index (χ0) is 27.4. The van der Waals surface area contributed by atoms with Gasteiger partial charge in [-0.25, -0.2) is 9.59 Å². The Bertz CT molecular complexity index is 1290. The SMILES string of the molecule is C[C@@H]1CN(c2nc(=O)n3c4c(c(Br)c(Cl)cc24)OC[C@@H]3CN2CCOCC2)[C@@H](C)CN1C(=O)OC(C)(C)C. The largest absolute Gasteiger partial charge is 0.488 e. The molecule has 1 aromatic heterocycles. The van der Waals surface area contributed by atoms with Crippen LogP contribution in [-0.4, -0.2) is 95.7 Å². The van der Waals surface area contributed by atoms with Crippen LogP contribution in [0.5, 0.6) is 5.75 Å². The number of piperazine rings is 1. The lowest BCUT2D eigenvalue weighted by Gasteiger charge is -2.45. The summed E-state index contributed by atoms with van der Waals surface area (Å²) in [7, 11) is 0. The van der Waals surface area contributed by atoms with E-state index in [-0.39, 0.29) is 29.9 Å². The van der Waals surface area contributed by atoms with Gasteiger partial charge < -0.3 is 24.0 Å². The minimum Gasteiger partial charge on any atom is -0.488 e. The number of carbonyl (C=O) groups is 1. The molecule has 0 unspecified atom stereocenters. The highest BCUT2D eigenvalue weighted by molar-refractivity contribution is 9.10. The van der Waals surface area contributed by atoms with Gasteiger partial charge in [-0.2, -0.15) is 4.98 Å². The van der Waals surface area contributed by atoms with Crippen LogP contribution in [-0.2, 0) is 9.47 Å². The minimum atomic E-state index is -0.578. The van der Waals surface area contributed by atoms with Crippen molar-refractivity contribution in [1.82, 2.24) is 19.4 Å². The number of anilines is 1. The molecule has 0 aliphatic carbocycles. The Labute approximate surface area is 235 Å². The molecule has 1 amide bonds. The molecule has 0 spiro atoms. The van der Waals surface area contributed by atoms with Crippen molar-refractivity contribution in [2.45, 2.75) is 58.3 Å². The summed E-state index contributed by atoms with van der Waals surface area (Å²) in [5, 5.41) is 1.24. The van der Waals surface area contributed by atoms with Crippen LogP contribution in [0.4, 0.5) is 10.6 Å². The average molecular weight is 613 g/mol. The fraction of sp³-hybridized carbons (Fsp3) is 0.654. The Balaban J connectivity index is 1.53. The minimum absolute atomic E-state index is 0.108. The Morgan fingerprint density at radius 1 is 1.21 bits per heavy atom. The molecule has 0 N–H and O–H groups in total. The molecule has 3 atom stereocenters. The van der Waals surface area contributed by atoms with E-state index >= 15 is 0 Å². The van der Waals surface area contributed by atoms with Crippen molar-refractivity contribution in [2.24, 2.45) is 0 Å². The number of carbonyl (C=O) groups excluding carboxylic acids is 1. The summed E-state index contributed by atoms with van der Waals surface area (Å²) in [5.74, 6) is 1.11. The average Bonchev–Trinajstić information content (AvgIpc) is 2.85. The fourth-order valence-electron chi connectivity index (χ4n) is 5.46. The van der Waals surface area contributed by atoms with Crippen LogP contribution in [0.25, 0.3) is 10.9 Å². The first-order chi connectivity index (χ1) is 17.9. The van der Waals surface area contributed by atoms with E-state index in [0.717, 1.165) is 18.5 Å². The van der Waals surface area contributed by atoms with E-state index in [4.69, 9.17) is 25.8 Å². The number of rotatable bonds is 3. The Morgan fingerprint density at radius 3 is 2.61 bits per heavy atom. The quantitative estimate of drug-likeness (QED) is 0.516. The summed E-state index contributed by atoms with van der Waals surface area (Å²) in [6.07, 6.45) is -0.340. The molecule has 10 nitrogen and oxygen atoms in total. The predicted octanol–water partition coefficient (Wildman–Crippen LogP) is 3.91. The Hall–Kier alpha value is -2.08. The van der Waals surface area contributed by atoms with Gasteiger partial charge in [0.1, 0.15) is 23.5 Å². The molecule has 0 saturated carbocycles. The molecule has 5 rings (SSSR count). The van der Waals surface area contributed by atoms with E-state index in [0.29, 0.717) is 66.0 Å². The highest BCUT2D eigenvalue weighted by atomic mass is 79.9. The van der Waals surface area contributed by atoms with Gasteiger partial charge in [-0.3, -0.25) is 9.47 Å². The number of hydrogen-bond acceptors (Lipinski definition) is 8. The highest BCUT2D eigenvalue weighted by Crippen LogP contribution is 2.44. The second-order valence-corrected chi connectivity index (χ2v) is 12.5. The molecule has 4 heterocycles. The maximum absolute atomic E-state index is 13.7. The van der Waals surface area contributed by atoms with Crippen molar-refractivity contribution >= 4 is 50.3 Å². The second kappa shape index (κ2) is 10.5. The van der Waals surface area contributed by atoms with Crippen LogP contribution >= 0.6 is 27.5 Å². The molecule has 3 aliphatic heterocycles. The number of morpholine rings is 1. The lowest BCUT2D eigenvalue weighted by Crippen LogP contribution is -2.59. The van der Waals surface area contributed by atoms with Crippen LogP contribution in [0.1, 0.15) is 40.7 Å². The van der Waals surface area contributed by atoms with Crippen molar-refractivity contribution in [2.75, 3.05) is 57.4 Å². The Morgan fingerprint density at radius 2 is 1.92 bits per heavy atom. The topological polar surface area (TPSA) is 89.4 Å². The number of ether oxygens (including phenoxy) is 3. The van der Waals surface area contributed by atoms with Crippen molar-refractivity contribution in [3.05, 3.63) is 26.0 Å². The first-order valence-corrected chi connectivity index (χ1v) is 14.2. The number of halogens is 2. The highest BCUT2D eigenvalue weighted by Gasteiger charge is 2.38. The molecule has 2 fully saturated rings. The van der Waals surface area contributed by atoms with Crippen molar-refractivity contribution in [3.63, 3.8) is 0 Å². The molecule has 12 heteroatoms. The molecule has 38 heavy (non-hydrogen) atoms. The van der Waals surface area contributed by atoms with Crippen LogP contribution in [0.15, 0.2) is 15.3 Å². The van der Waals surface area contributed by atoms with Gasteiger partial charge in [0, 0.05) is 50.2 Å². The summed E-state index contributed by atoms with van der Waals surface area (Å²) >= 11 is 10.2. The van der Waals surface area contributed by atoms with E-state index in [2.05, 4.69) is 30.7 Å². The number of hydrogen-bond donors (Lipinski definition) is 0. The standard InChI is InChI=1S/C26H35BrClN5O5/c1-15-12-32(25(35)38-26(3,4)5)16(2)11-31(15)23-18-10-19(28)20(27)22-21(18)33(24(34)29-23)17(14-37-22)13-30-6-8-36-9-7-30/h10,15-17H,6-9,11-14H2,1-5H3/t15-,16+,17-/m0/s1. The van der Waals surface area contributed by atoms with Crippen molar-refractivity contribution in [1.29, 1.82) is 0 Å². The third-order valence-electron chi connectivity index (χ3n) is 7.28. The maximum atomic E-state index is 13.7. The van der Waals surface area contributed by atoms with E-state index in [9.17, 15) is 9.59 Å². The third kappa shape index (κ3) is 5.22. The molecule has 2 saturated heterocycles. The summed E-state index contributed by atoms with van der Waals surface area (Å²) < 4.78 is 19.7. The zero-order valence-corrected chi connectivity index (χ0v) is 24.8. The summed E-state index contributed by atoms with van der Waals surface area (Å²) in [4.78, 5) is 37.3. The summed E-state index contributed by atoms with van der Waals surface area (Å²) in [6.45, 7) is 14.5.